The van der Waals surface area contributed by atoms with Gasteiger partial charge in [-0.15, -0.1) is 0 Å². The molecule has 0 aliphatic carbocycles. The van der Waals surface area contributed by atoms with E-state index >= 15 is 0 Å². The first kappa shape index (κ1) is 22.9. The minimum atomic E-state index is -0.834. The van der Waals surface area contributed by atoms with Gasteiger partial charge in [0.15, 0.2) is 0 Å². The van der Waals surface area contributed by atoms with Gasteiger partial charge < -0.3 is 20.0 Å². The van der Waals surface area contributed by atoms with Crippen molar-refractivity contribution < 1.29 is 19.2 Å². The number of fused-ring (bicyclic) bond motifs is 1. The molecule has 9 heteroatoms. The molecule has 28 heavy (non-hydrogen) atoms. The molecule has 2 aliphatic rings. The fourth-order valence-corrected chi connectivity index (χ4v) is 5.14. The molecule has 5 atom stereocenters. The van der Waals surface area contributed by atoms with Gasteiger partial charge in [0.1, 0.15) is 12.1 Å². The van der Waals surface area contributed by atoms with Crippen LogP contribution in [0.3, 0.4) is 0 Å². The molecule has 8 nitrogen and oxygen atoms in total. The third-order valence-electron chi connectivity index (χ3n) is 6.37. The lowest BCUT2D eigenvalue weighted by Crippen LogP contribution is -2.57. The van der Waals surface area contributed by atoms with Gasteiger partial charge in [0.25, 0.3) is 0 Å². The minimum Gasteiger partial charge on any atom is -0.342 e. The highest BCUT2D eigenvalue weighted by Crippen LogP contribution is 2.41. The number of hydrogen-bond donors (Lipinski definition) is 1. The summed E-state index contributed by atoms with van der Waals surface area (Å²) in [6.07, 6.45) is 3.16. The molecule has 0 spiro atoms. The van der Waals surface area contributed by atoms with Crippen molar-refractivity contribution >= 4 is 47.2 Å². The Labute approximate surface area is 180 Å². The van der Waals surface area contributed by atoms with E-state index in [9.17, 15) is 19.2 Å². The van der Waals surface area contributed by atoms with E-state index < -0.39 is 18.0 Å². The van der Waals surface area contributed by atoms with Gasteiger partial charge in [-0.1, -0.05) is 43.4 Å². The van der Waals surface area contributed by atoms with Crippen LogP contribution in [0, 0.1) is 11.3 Å². The zero-order valence-electron chi connectivity index (χ0n) is 17.2. The van der Waals surface area contributed by atoms with Gasteiger partial charge in [-0.05, 0) is 31.1 Å². The molecule has 2 aliphatic heterocycles. The molecule has 0 bridgehead atoms. The van der Waals surface area contributed by atoms with Crippen LogP contribution in [-0.4, -0.2) is 81.6 Å². The highest BCUT2D eigenvalue weighted by molar-refractivity contribution is 14.1. The third-order valence-corrected chi connectivity index (χ3v) is 7.60. The average molecular weight is 506 g/mol. The second-order valence-electron chi connectivity index (χ2n) is 8.64. The van der Waals surface area contributed by atoms with Crippen molar-refractivity contribution in [2.24, 2.45) is 11.3 Å². The first-order valence-electron chi connectivity index (χ1n) is 9.66. The van der Waals surface area contributed by atoms with Crippen molar-refractivity contribution in [2.75, 3.05) is 20.1 Å². The Morgan fingerprint density at radius 3 is 2.57 bits per heavy atom. The van der Waals surface area contributed by atoms with E-state index in [1.807, 2.05) is 4.90 Å². The number of alkyl halides is 1. The largest absolute Gasteiger partial charge is 0.342 e. The smallest absolute Gasteiger partial charge is 0.248 e. The summed E-state index contributed by atoms with van der Waals surface area (Å²) in [6, 6.07) is -1.47. The van der Waals surface area contributed by atoms with Crippen molar-refractivity contribution in [2.45, 2.75) is 62.7 Å². The number of carbonyl (C=O) groups is 4. The first-order chi connectivity index (χ1) is 13.0. The molecular formula is C19H31IN4O4. The fraction of sp³-hybridized carbons (Fsp3) is 0.789. The number of nitrogens with one attached hydrogen (secondary N) is 1. The lowest BCUT2D eigenvalue weighted by molar-refractivity contribution is -0.140. The molecule has 4 amide bonds. The maximum Gasteiger partial charge on any atom is 0.248 e. The number of nitrogens with zero attached hydrogens (tertiary/aromatic N) is 3. The second-order valence-corrected chi connectivity index (χ2v) is 10.1. The molecule has 5 unspecified atom stereocenters. The molecule has 0 radical (unpaired) electrons. The Morgan fingerprint density at radius 2 is 2.00 bits per heavy atom. The Hall–Kier alpha value is -1.39. The highest BCUT2D eigenvalue weighted by Gasteiger charge is 2.47. The van der Waals surface area contributed by atoms with Crippen LogP contribution in [0.4, 0.5) is 0 Å². The van der Waals surface area contributed by atoms with Crippen LogP contribution in [-0.2, 0) is 19.2 Å². The molecule has 2 fully saturated rings. The predicted octanol–water partition coefficient (Wildman–Crippen LogP) is 0.834. The summed E-state index contributed by atoms with van der Waals surface area (Å²) in [5, 5.41) is 2.78. The number of hydrogen-bond acceptors (Lipinski definition) is 4. The normalized spacial score (nSPS) is 31.1. The van der Waals surface area contributed by atoms with Gasteiger partial charge in [-0.2, -0.15) is 0 Å². The molecule has 0 aromatic carbocycles. The summed E-state index contributed by atoms with van der Waals surface area (Å²) in [7, 11) is 1.52. The van der Waals surface area contributed by atoms with E-state index in [0.717, 1.165) is 19.3 Å². The van der Waals surface area contributed by atoms with Gasteiger partial charge in [-0.25, -0.2) is 0 Å². The molecule has 0 aromatic rings. The third kappa shape index (κ3) is 4.60. The molecule has 0 aromatic heterocycles. The van der Waals surface area contributed by atoms with Crippen molar-refractivity contribution in [3.8, 4) is 0 Å². The van der Waals surface area contributed by atoms with Crippen LogP contribution in [0.25, 0.3) is 0 Å². The van der Waals surface area contributed by atoms with Crippen LogP contribution < -0.4 is 5.32 Å². The number of rotatable bonds is 5. The highest BCUT2D eigenvalue weighted by atomic mass is 127. The van der Waals surface area contributed by atoms with E-state index in [-0.39, 0.29) is 33.9 Å². The summed E-state index contributed by atoms with van der Waals surface area (Å²) >= 11 is 2.29. The summed E-state index contributed by atoms with van der Waals surface area (Å²) in [4.78, 5) is 53.4. The van der Waals surface area contributed by atoms with Gasteiger partial charge in [-0.3, -0.25) is 19.2 Å². The van der Waals surface area contributed by atoms with E-state index in [1.165, 1.54) is 11.9 Å². The number of halogens is 1. The number of amides is 4. The maximum absolute atomic E-state index is 13.4. The van der Waals surface area contributed by atoms with Crippen molar-refractivity contribution in [3.63, 3.8) is 0 Å². The van der Waals surface area contributed by atoms with E-state index in [2.05, 4.69) is 48.7 Å². The van der Waals surface area contributed by atoms with E-state index in [0.29, 0.717) is 13.0 Å². The summed E-state index contributed by atoms with van der Waals surface area (Å²) in [6.45, 7) is 8.62. The maximum atomic E-state index is 13.4. The van der Waals surface area contributed by atoms with Crippen LogP contribution >= 0.6 is 22.6 Å². The predicted molar refractivity (Wildman–Crippen MR) is 113 cm³/mol. The molecule has 2 rings (SSSR count). The lowest BCUT2D eigenvalue weighted by Gasteiger charge is -2.40. The molecule has 1 N–H and O–H groups in total. The van der Waals surface area contributed by atoms with Crippen LogP contribution in [0.1, 0.15) is 40.5 Å². The summed E-state index contributed by atoms with van der Waals surface area (Å²) in [5.41, 5.74) is -0.172. The zero-order chi connectivity index (χ0) is 21.2. The van der Waals surface area contributed by atoms with Crippen LogP contribution in [0.2, 0.25) is 0 Å². The molecule has 158 valence electrons. The zero-order valence-corrected chi connectivity index (χ0v) is 19.4. The Kier molecular flexibility index (Phi) is 7.33. The molecule has 0 saturated carbocycles. The molecule has 2 saturated heterocycles. The van der Waals surface area contributed by atoms with E-state index in [4.69, 9.17) is 0 Å². The van der Waals surface area contributed by atoms with Crippen LogP contribution in [0.15, 0.2) is 0 Å². The molecular weight excluding hydrogens is 475 g/mol. The number of likely N-dealkylation sites (N-methyl/N-ethyl adjacent to an activating group) is 1. The standard InChI is InChI=1S/C19H31IN4O4/c1-12-15-6-7-16(20)24(15)18(28)14(8-23(11-26)9-19(12,3)4)21-17(27)13(2)22(5)10-25/h10-16H,6-9H2,1-5H3,(H,21,27). The van der Waals surface area contributed by atoms with Gasteiger partial charge >= 0.3 is 0 Å². The minimum absolute atomic E-state index is 0.0607. The van der Waals surface area contributed by atoms with Crippen molar-refractivity contribution in [1.29, 1.82) is 0 Å². The van der Waals surface area contributed by atoms with Crippen molar-refractivity contribution in [3.05, 3.63) is 0 Å². The second kappa shape index (κ2) is 8.96. The fourth-order valence-electron chi connectivity index (χ4n) is 4.09. The van der Waals surface area contributed by atoms with Crippen LogP contribution in [0.5, 0.6) is 0 Å². The average Bonchev–Trinajstić information content (AvgIpc) is 3.04. The monoisotopic (exact) mass is 506 g/mol. The summed E-state index contributed by atoms with van der Waals surface area (Å²) < 4.78 is 0.0607. The Bertz CT molecular complexity index is 629. The van der Waals surface area contributed by atoms with E-state index in [1.54, 1.807) is 11.8 Å². The Balaban J connectivity index is 2.36. The van der Waals surface area contributed by atoms with Gasteiger partial charge in [0, 0.05) is 26.2 Å². The first-order valence-corrected chi connectivity index (χ1v) is 10.9. The Morgan fingerprint density at radius 1 is 1.36 bits per heavy atom. The topological polar surface area (TPSA) is 90.0 Å². The summed E-state index contributed by atoms with van der Waals surface area (Å²) in [5.74, 6) is -0.369. The molecule has 2 heterocycles. The number of carbonyl (C=O) groups excluding carboxylic acids is 4. The SMILES string of the molecule is CC(C(=O)NC1CN(C=O)CC(C)(C)C(C)C2CCC(I)N2C1=O)N(C)C=O. The lowest BCUT2D eigenvalue weighted by atomic mass is 9.75. The van der Waals surface area contributed by atoms with Gasteiger partial charge in [0.05, 0.1) is 4.05 Å². The van der Waals surface area contributed by atoms with Gasteiger partial charge in [0.2, 0.25) is 24.6 Å². The quantitative estimate of drug-likeness (QED) is 0.259. The van der Waals surface area contributed by atoms with Crippen molar-refractivity contribution in [1.82, 2.24) is 20.0 Å².